The third-order valence-corrected chi connectivity index (χ3v) is 9.26. The molecule has 7 rings (SSSR count). The van der Waals surface area contributed by atoms with Crippen molar-refractivity contribution in [1.29, 1.82) is 0 Å². The topological polar surface area (TPSA) is 74.7 Å². The first-order chi connectivity index (χ1) is 21.2. The van der Waals surface area contributed by atoms with Crippen LogP contribution in [0.4, 0.5) is 19.0 Å². The number of amides is 1. The summed E-state index contributed by atoms with van der Waals surface area (Å²) in [6.07, 6.45) is 2.51. The maximum Gasteiger partial charge on any atom is 0.320 e. The summed E-state index contributed by atoms with van der Waals surface area (Å²) in [5.41, 5.74) is 0.755. The molecule has 2 atom stereocenters. The second-order valence-corrected chi connectivity index (χ2v) is 12.1. The maximum absolute atomic E-state index is 15.0. The van der Waals surface area contributed by atoms with Crippen molar-refractivity contribution in [3.05, 3.63) is 67.0 Å². The number of piperazine rings is 1. The van der Waals surface area contributed by atoms with Gasteiger partial charge in [0.2, 0.25) is 5.91 Å². The van der Waals surface area contributed by atoms with Crippen LogP contribution in [0.15, 0.2) is 61.2 Å². The van der Waals surface area contributed by atoms with Crippen molar-refractivity contribution in [2.45, 2.75) is 43.7 Å². The van der Waals surface area contributed by atoms with Crippen LogP contribution in [0.1, 0.15) is 26.2 Å². The molecule has 2 aromatic heterocycles. The van der Waals surface area contributed by atoms with Crippen molar-refractivity contribution in [3.63, 3.8) is 0 Å². The van der Waals surface area contributed by atoms with Crippen LogP contribution in [0.2, 0.25) is 0 Å². The van der Waals surface area contributed by atoms with Gasteiger partial charge in [-0.05, 0) is 56.0 Å². The summed E-state index contributed by atoms with van der Waals surface area (Å²) in [6.45, 7) is 7.46. The van der Waals surface area contributed by atoms with Gasteiger partial charge in [0.05, 0.1) is 23.2 Å². The SMILES string of the molecule is C=CC(=O)N1CCN(c2nc(OC[C@@]34CCCN3CC(F)(F)C4)nc3nc(-c4cccc5cccc(F)c45)ccc23)[C@H](C)C1. The average Bonchev–Trinajstić information content (AvgIpc) is 3.50. The van der Waals surface area contributed by atoms with E-state index in [9.17, 15) is 13.6 Å². The van der Waals surface area contributed by atoms with Crippen LogP contribution in [0, 0.1) is 5.82 Å². The van der Waals surface area contributed by atoms with Crippen LogP contribution >= 0.6 is 0 Å². The van der Waals surface area contributed by atoms with Crippen LogP contribution in [0.3, 0.4) is 0 Å². The molecule has 0 bridgehead atoms. The number of anilines is 1. The number of pyridine rings is 1. The monoisotopic (exact) mass is 602 g/mol. The number of carbonyl (C=O) groups excluding carboxylic acids is 1. The molecule has 44 heavy (non-hydrogen) atoms. The highest BCUT2D eigenvalue weighted by Gasteiger charge is 2.57. The fraction of sp³-hybridized carbons (Fsp3) is 0.394. The summed E-state index contributed by atoms with van der Waals surface area (Å²) in [5.74, 6) is -2.65. The smallest absolute Gasteiger partial charge is 0.320 e. The van der Waals surface area contributed by atoms with Gasteiger partial charge in [0, 0.05) is 43.0 Å². The van der Waals surface area contributed by atoms with Gasteiger partial charge in [0.15, 0.2) is 5.65 Å². The van der Waals surface area contributed by atoms with E-state index in [4.69, 9.17) is 14.7 Å². The van der Waals surface area contributed by atoms with Crippen LogP contribution < -0.4 is 9.64 Å². The highest BCUT2D eigenvalue weighted by Crippen LogP contribution is 2.46. The van der Waals surface area contributed by atoms with Gasteiger partial charge in [-0.3, -0.25) is 9.69 Å². The summed E-state index contributed by atoms with van der Waals surface area (Å²) in [4.78, 5) is 32.3. The molecule has 3 aliphatic heterocycles. The molecule has 11 heteroatoms. The molecule has 5 heterocycles. The summed E-state index contributed by atoms with van der Waals surface area (Å²) < 4.78 is 50.1. The fourth-order valence-electron chi connectivity index (χ4n) is 7.19. The Labute approximate surface area is 253 Å². The van der Waals surface area contributed by atoms with Gasteiger partial charge in [-0.1, -0.05) is 36.9 Å². The van der Waals surface area contributed by atoms with Crippen molar-refractivity contribution in [2.75, 3.05) is 44.2 Å². The molecule has 0 unspecified atom stereocenters. The number of benzene rings is 2. The molecular weight excluding hydrogens is 569 g/mol. The number of carbonyl (C=O) groups is 1. The summed E-state index contributed by atoms with van der Waals surface area (Å²) in [5, 5.41) is 1.89. The fourth-order valence-corrected chi connectivity index (χ4v) is 7.19. The molecule has 228 valence electrons. The van der Waals surface area contributed by atoms with E-state index >= 15 is 4.39 Å². The van der Waals surface area contributed by atoms with Crippen molar-refractivity contribution >= 4 is 33.5 Å². The number of nitrogens with zero attached hydrogens (tertiary/aromatic N) is 6. The van der Waals surface area contributed by atoms with E-state index in [-0.39, 0.29) is 43.3 Å². The van der Waals surface area contributed by atoms with E-state index in [2.05, 4.69) is 16.5 Å². The minimum Gasteiger partial charge on any atom is -0.461 e. The number of halogens is 3. The van der Waals surface area contributed by atoms with E-state index in [1.807, 2.05) is 48.2 Å². The Hall–Kier alpha value is -4.25. The molecule has 3 saturated heterocycles. The molecule has 3 fully saturated rings. The van der Waals surface area contributed by atoms with Gasteiger partial charge < -0.3 is 14.5 Å². The zero-order valence-corrected chi connectivity index (χ0v) is 24.5. The minimum atomic E-state index is -2.76. The molecule has 1 amide bonds. The van der Waals surface area contributed by atoms with Crippen LogP contribution in [-0.4, -0.2) is 87.5 Å². The van der Waals surface area contributed by atoms with Crippen LogP contribution in [0.25, 0.3) is 33.1 Å². The predicted molar refractivity (Wildman–Crippen MR) is 162 cm³/mol. The van der Waals surface area contributed by atoms with Gasteiger partial charge in [-0.15, -0.1) is 0 Å². The zero-order valence-electron chi connectivity index (χ0n) is 24.5. The zero-order chi connectivity index (χ0) is 30.6. The highest BCUT2D eigenvalue weighted by molar-refractivity contribution is 5.98. The number of ether oxygens (including phenoxy) is 1. The number of hydrogen-bond acceptors (Lipinski definition) is 7. The van der Waals surface area contributed by atoms with E-state index in [1.54, 1.807) is 11.0 Å². The molecule has 0 N–H and O–H groups in total. The Balaban J connectivity index is 1.30. The Morgan fingerprint density at radius 2 is 1.91 bits per heavy atom. The van der Waals surface area contributed by atoms with E-state index in [0.717, 1.165) is 11.8 Å². The molecule has 0 saturated carbocycles. The Kier molecular flexibility index (Phi) is 6.95. The minimum absolute atomic E-state index is 0.0406. The quantitative estimate of drug-likeness (QED) is 0.272. The molecule has 4 aromatic rings. The Morgan fingerprint density at radius 1 is 1.09 bits per heavy atom. The van der Waals surface area contributed by atoms with Gasteiger partial charge >= 0.3 is 6.01 Å². The molecular formula is C33H33F3N6O2. The molecule has 0 radical (unpaired) electrons. The Bertz CT molecular complexity index is 1780. The highest BCUT2D eigenvalue weighted by atomic mass is 19.3. The number of aromatic nitrogens is 3. The summed E-state index contributed by atoms with van der Waals surface area (Å²) >= 11 is 0. The second-order valence-electron chi connectivity index (χ2n) is 12.1. The first-order valence-corrected chi connectivity index (χ1v) is 15.0. The lowest BCUT2D eigenvalue weighted by Crippen LogP contribution is -2.53. The molecule has 8 nitrogen and oxygen atoms in total. The number of rotatable bonds is 6. The van der Waals surface area contributed by atoms with Crippen molar-refractivity contribution in [1.82, 2.24) is 24.8 Å². The average molecular weight is 603 g/mol. The predicted octanol–water partition coefficient (Wildman–Crippen LogP) is 5.46. The largest absolute Gasteiger partial charge is 0.461 e. The lowest BCUT2D eigenvalue weighted by atomic mass is 9.94. The van der Waals surface area contributed by atoms with Gasteiger partial charge in [-0.25, -0.2) is 18.2 Å². The van der Waals surface area contributed by atoms with E-state index < -0.39 is 11.5 Å². The van der Waals surface area contributed by atoms with E-state index in [0.29, 0.717) is 66.1 Å². The maximum atomic E-state index is 15.0. The standard InChI is InChI=1S/C33H33F3N6O2/c1-3-27(43)40-15-16-42(21(2)17-40)30-24-11-12-26(23-9-4-7-22-8-5-10-25(34)28(22)23)37-29(24)38-31(39-30)44-20-32-13-6-14-41(32)19-33(35,36)18-32/h3-5,7-12,21H,1,6,13-20H2,2H3/t21-,32+/m1/s1. The van der Waals surface area contributed by atoms with Gasteiger partial charge in [-0.2, -0.15) is 9.97 Å². The second kappa shape index (κ2) is 10.7. The van der Waals surface area contributed by atoms with E-state index in [1.165, 1.54) is 12.1 Å². The number of alkyl halides is 2. The lowest BCUT2D eigenvalue weighted by Gasteiger charge is -2.40. The van der Waals surface area contributed by atoms with Gasteiger partial charge in [0.1, 0.15) is 18.2 Å². The first kappa shape index (κ1) is 28.5. The molecule has 0 spiro atoms. The molecule has 0 aliphatic carbocycles. The first-order valence-electron chi connectivity index (χ1n) is 15.0. The summed E-state index contributed by atoms with van der Waals surface area (Å²) in [7, 11) is 0. The van der Waals surface area contributed by atoms with Crippen molar-refractivity contribution in [3.8, 4) is 17.3 Å². The normalized spacial score (nSPS) is 23.3. The number of hydrogen-bond donors (Lipinski definition) is 0. The van der Waals surface area contributed by atoms with Crippen molar-refractivity contribution < 1.29 is 22.7 Å². The van der Waals surface area contributed by atoms with Crippen molar-refractivity contribution in [2.24, 2.45) is 0 Å². The Morgan fingerprint density at radius 3 is 2.70 bits per heavy atom. The van der Waals surface area contributed by atoms with Crippen LogP contribution in [0.5, 0.6) is 6.01 Å². The number of fused-ring (bicyclic) bond motifs is 3. The molecule has 3 aliphatic rings. The van der Waals surface area contributed by atoms with Crippen LogP contribution in [-0.2, 0) is 4.79 Å². The molecule has 2 aromatic carbocycles. The summed E-state index contributed by atoms with van der Waals surface area (Å²) in [6, 6.07) is 14.1. The third kappa shape index (κ3) is 4.92. The van der Waals surface area contributed by atoms with Gasteiger partial charge in [0.25, 0.3) is 5.92 Å². The third-order valence-electron chi connectivity index (χ3n) is 9.26. The lowest BCUT2D eigenvalue weighted by molar-refractivity contribution is -0.126.